The molecule has 5 aliphatic heterocycles. The van der Waals surface area contributed by atoms with Gasteiger partial charge in [-0.25, -0.2) is 0 Å². The highest BCUT2D eigenvalue weighted by Gasteiger charge is 2.47. The number of hydrogen-bond acceptors (Lipinski definition) is 11. The van der Waals surface area contributed by atoms with Gasteiger partial charge in [-0.3, -0.25) is 14.5 Å². The molecular formula is C43H54N4O8. The molecule has 4 fully saturated rings. The van der Waals surface area contributed by atoms with Crippen LogP contribution in [-0.4, -0.2) is 109 Å². The Kier molecular flexibility index (Phi) is 12.3. The first kappa shape index (κ1) is 38.6. The molecule has 294 valence electrons. The zero-order valence-corrected chi connectivity index (χ0v) is 31.6. The molecule has 3 aromatic carbocycles. The van der Waals surface area contributed by atoms with Gasteiger partial charge >= 0.3 is 5.97 Å². The van der Waals surface area contributed by atoms with Crippen molar-refractivity contribution in [2.45, 2.75) is 68.8 Å². The molecule has 5 heterocycles. The maximum absolute atomic E-state index is 14.0. The number of nitrogens with one attached hydrogen (secondary N) is 2. The minimum atomic E-state index is -0.884. The van der Waals surface area contributed by atoms with Gasteiger partial charge in [-0.05, 0) is 112 Å². The van der Waals surface area contributed by atoms with Crippen LogP contribution in [0.15, 0.2) is 66.7 Å². The van der Waals surface area contributed by atoms with Crippen LogP contribution in [0.2, 0.25) is 0 Å². The van der Waals surface area contributed by atoms with Crippen LogP contribution in [0.3, 0.4) is 0 Å². The molecule has 5 N–H and O–H groups in total. The number of anilines is 1. The first-order valence-electron chi connectivity index (χ1n) is 19.7. The minimum Gasteiger partial charge on any atom is -0.506 e. The van der Waals surface area contributed by atoms with Gasteiger partial charge in [0, 0.05) is 37.3 Å². The number of esters is 1. The quantitative estimate of drug-likeness (QED) is 0.0824. The number of phenolic OH excluding ortho intramolecular Hbond substituents is 1. The van der Waals surface area contributed by atoms with Gasteiger partial charge in [0.2, 0.25) is 0 Å². The van der Waals surface area contributed by atoms with Gasteiger partial charge < -0.3 is 45.1 Å². The number of ether oxygens (including phenoxy) is 3. The number of carbonyl (C=O) groups excluding carboxylic acids is 2. The summed E-state index contributed by atoms with van der Waals surface area (Å²) in [4.78, 5) is 32.0. The number of aromatic hydroxyl groups is 1. The molecule has 4 saturated heterocycles. The fraction of sp³-hybridized carbons (Fsp3) is 0.488. The van der Waals surface area contributed by atoms with Crippen LogP contribution in [0.5, 0.6) is 17.2 Å². The van der Waals surface area contributed by atoms with E-state index in [0.29, 0.717) is 85.4 Å². The van der Waals surface area contributed by atoms with Crippen molar-refractivity contribution in [2.24, 2.45) is 5.92 Å². The number of hydrogen-bond donors (Lipinski definition) is 5. The Morgan fingerprint density at radius 3 is 2.49 bits per heavy atom. The van der Waals surface area contributed by atoms with Crippen LogP contribution in [-0.2, 0) is 14.9 Å². The normalized spacial score (nSPS) is 23.0. The molecule has 8 rings (SSSR count). The molecule has 3 aromatic rings. The highest BCUT2D eigenvalue weighted by atomic mass is 16.5. The zero-order chi connectivity index (χ0) is 38.4. The molecule has 0 radical (unpaired) electrons. The fourth-order valence-corrected chi connectivity index (χ4v) is 8.55. The van der Waals surface area contributed by atoms with E-state index in [4.69, 9.17) is 14.2 Å². The van der Waals surface area contributed by atoms with Crippen molar-refractivity contribution >= 4 is 23.6 Å². The van der Waals surface area contributed by atoms with E-state index in [1.807, 2.05) is 35.2 Å². The van der Waals surface area contributed by atoms with Crippen LogP contribution in [0, 0.1) is 5.92 Å². The average Bonchev–Trinajstić information content (AvgIpc) is 3.22. The predicted octanol–water partition coefficient (Wildman–Crippen LogP) is 4.84. The molecule has 0 saturated carbocycles. The summed E-state index contributed by atoms with van der Waals surface area (Å²) in [6, 6.07) is 18.4. The molecule has 12 heteroatoms. The van der Waals surface area contributed by atoms with Gasteiger partial charge in [-0.2, -0.15) is 0 Å². The first-order valence-corrected chi connectivity index (χ1v) is 19.7. The Morgan fingerprint density at radius 1 is 0.982 bits per heavy atom. The third kappa shape index (κ3) is 8.62. The molecule has 1 amide bonds. The highest BCUT2D eigenvalue weighted by molar-refractivity contribution is 5.95. The zero-order valence-electron chi connectivity index (χ0n) is 31.6. The second-order valence-corrected chi connectivity index (χ2v) is 15.2. The van der Waals surface area contributed by atoms with Gasteiger partial charge in [-0.1, -0.05) is 42.5 Å². The van der Waals surface area contributed by atoms with Crippen molar-refractivity contribution in [1.29, 1.82) is 0 Å². The molecule has 12 nitrogen and oxygen atoms in total. The number of likely N-dealkylation sites (tertiary alicyclic amines) is 1. The lowest BCUT2D eigenvalue weighted by atomic mass is 9.72. The van der Waals surface area contributed by atoms with Crippen molar-refractivity contribution < 1.29 is 39.1 Å². The summed E-state index contributed by atoms with van der Waals surface area (Å²) in [6.07, 6.45) is 7.32. The lowest BCUT2D eigenvalue weighted by Gasteiger charge is -2.46. The second-order valence-electron chi connectivity index (χ2n) is 15.2. The maximum Gasteiger partial charge on any atom is 0.317 e. The number of phenols is 1. The topological polar surface area (TPSA) is 153 Å². The van der Waals surface area contributed by atoms with Crippen molar-refractivity contribution in [3.8, 4) is 17.2 Å². The molecular weight excluding hydrogens is 700 g/mol. The Bertz CT molecular complexity index is 1820. The van der Waals surface area contributed by atoms with Crippen LogP contribution < -0.4 is 20.1 Å². The number of piperidine rings is 4. The van der Waals surface area contributed by atoms with Crippen molar-refractivity contribution in [3.63, 3.8) is 0 Å². The van der Waals surface area contributed by atoms with Crippen LogP contribution in [0.1, 0.15) is 78.1 Å². The Balaban J connectivity index is 0.863. The summed E-state index contributed by atoms with van der Waals surface area (Å²) in [5, 5.41) is 36.9. The molecule has 55 heavy (non-hydrogen) atoms. The summed E-state index contributed by atoms with van der Waals surface area (Å²) < 4.78 is 18.0. The number of methoxy groups -OCH3 is 1. The summed E-state index contributed by atoms with van der Waals surface area (Å²) in [5.41, 5.74) is 2.43. The number of unbranched alkanes of at least 4 members (excludes halogenated alkanes) is 2. The van der Waals surface area contributed by atoms with E-state index in [1.165, 1.54) is 6.07 Å². The third-order valence-electron chi connectivity index (χ3n) is 11.8. The largest absolute Gasteiger partial charge is 0.506 e. The Morgan fingerprint density at radius 2 is 1.76 bits per heavy atom. The highest BCUT2D eigenvalue weighted by Crippen LogP contribution is 2.40. The molecule has 0 aliphatic carbocycles. The number of fused-ring (bicyclic) bond motifs is 4. The lowest BCUT2D eigenvalue weighted by molar-refractivity contribution is -0.167. The van der Waals surface area contributed by atoms with E-state index >= 15 is 0 Å². The van der Waals surface area contributed by atoms with Gasteiger partial charge in [0.15, 0.2) is 11.5 Å². The van der Waals surface area contributed by atoms with Gasteiger partial charge in [0.1, 0.15) is 18.1 Å². The van der Waals surface area contributed by atoms with E-state index in [0.717, 1.165) is 57.3 Å². The standard InChI is InChI=1S/C43H54N4O8/c1-53-37-26-30(10-14-36(37)54-25-7-3-6-20-44-27-35(49)32-11-13-34(48)40-33(32)12-15-39(50)45-40)41(51)47-23-18-43(19-24-47,31-8-4-2-5-9-31)42(52)55-38-28-46-21-16-29(38)17-22-46/h2,4-5,8-15,26,29,35,38-39,44-45,48-50H,3,6-7,16-25,27-28H2,1H3/t35-,38-,39?/m0/s1. The van der Waals surface area contributed by atoms with Gasteiger partial charge in [-0.15, -0.1) is 0 Å². The maximum atomic E-state index is 14.0. The Labute approximate surface area is 323 Å². The fourth-order valence-electron chi connectivity index (χ4n) is 8.55. The van der Waals surface area contributed by atoms with Gasteiger partial charge in [0.05, 0.1) is 30.9 Å². The van der Waals surface area contributed by atoms with Crippen molar-refractivity contribution in [2.75, 3.05) is 64.8 Å². The summed E-state index contributed by atoms with van der Waals surface area (Å²) in [6.45, 7) is 5.42. The SMILES string of the molecule is COc1cc(C(=O)N2CCC(C(=O)O[C@H]3CN4CCC3CC4)(c3ccccc3)CC2)ccc1OCCCCCNC[C@H](O)c1ccc(O)c2c1C=CC(O)N2. The summed E-state index contributed by atoms with van der Waals surface area (Å²) in [5.74, 6) is 1.25. The second kappa shape index (κ2) is 17.5. The average molecular weight is 755 g/mol. The van der Waals surface area contributed by atoms with E-state index in [9.17, 15) is 24.9 Å². The molecule has 0 aromatic heterocycles. The molecule has 1 unspecified atom stereocenters. The monoisotopic (exact) mass is 754 g/mol. The number of aliphatic hydroxyl groups excluding tert-OH is 2. The molecule has 3 atom stereocenters. The summed E-state index contributed by atoms with van der Waals surface area (Å²) in [7, 11) is 1.57. The lowest BCUT2D eigenvalue weighted by Crippen LogP contribution is -2.55. The van der Waals surface area contributed by atoms with Crippen LogP contribution in [0.25, 0.3) is 6.08 Å². The first-order chi connectivity index (χ1) is 26.8. The molecule has 5 aliphatic rings. The number of aliphatic hydroxyl groups is 2. The van der Waals surface area contributed by atoms with E-state index in [1.54, 1.807) is 43.5 Å². The van der Waals surface area contributed by atoms with Crippen LogP contribution in [0.4, 0.5) is 5.69 Å². The van der Waals surface area contributed by atoms with Crippen molar-refractivity contribution in [1.82, 2.24) is 15.1 Å². The number of carbonyl (C=O) groups is 2. The van der Waals surface area contributed by atoms with Gasteiger partial charge in [0.25, 0.3) is 5.91 Å². The van der Waals surface area contributed by atoms with E-state index < -0.39 is 17.7 Å². The van der Waals surface area contributed by atoms with Crippen molar-refractivity contribution in [3.05, 3.63) is 89.0 Å². The molecule has 0 spiro atoms. The number of amides is 1. The smallest absolute Gasteiger partial charge is 0.317 e. The Hall–Kier alpha value is -4.62. The summed E-state index contributed by atoms with van der Waals surface area (Å²) >= 11 is 0. The van der Waals surface area contributed by atoms with Crippen LogP contribution >= 0.6 is 0 Å². The molecule has 2 bridgehead atoms. The van der Waals surface area contributed by atoms with E-state index in [-0.39, 0.29) is 23.7 Å². The third-order valence-corrected chi connectivity index (χ3v) is 11.8. The number of rotatable bonds is 15. The minimum absolute atomic E-state index is 0.0232. The van der Waals surface area contributed by atoms with E-state index in [2.05, 4.69) is 15.5 Å². The number of benzene rings is 3. The predicted molar refractivity (Wildman–Crippen MR) is 209 cm³/mol. The number of nitrogens with zero attached hydrogens (tertiary/aromatic N) is 2.